The third-order valence-corrected chi connectivity index (χ3v) is 4.92. The second kappa shape index (κ2) is 7.16. The maximum absolute atomic E-state index is 12.6. The van der Waals surface area contributed by atoms with Crippen LogP contribution >= 0.6 is 0 Å². The number of methoxy groups -OCH3 is 2. The molecule has 4 heteroatoms. The van der Waals surface area contributed by atoms with E-state index < -0.39 is 11.9 Å². The number of ether oxygens (including phenoxy) is 2. The molecule has 0 N–H and O–H groups in total. The average molecular weight is 370 g/mol. The van der Waals surface area contributed by atoms with Gasteiger partial charge in [0.2, 0.25) is 0 Å². The van der Waals surface area contributed by atoms with E-state index in [1.807, 2.05) is 60.7 Å². The van der Waals surface area contributed by atoms with Crippen LogP contribution in [-0.2, 0) is 9.47 Å². The molecule has 0 saturated heterocycles. The molecule has 138 valence electrons. The van der Waals surface area contributed by atoms with Crippen molar-refractivity contribution in [3.63, 3.8) is 0 Å². The molecule has 0 unspecified atom stereocenters. The number of esters is 2. The summed E-state index contributed by atoms with van der Waals surface area (Å²) in [5.74, 6) is -0.908. The zero-order valence-electron chi connectivity index (χ0n) is 15.6. The average Bonchev–Trinajstić information content (AvgIpc) is 2.74. The minimum atomic E-state index is -0.454. The van der Waals surface area contributed by atoms with Gasteiger partial charge in [-0.15, -0.1) is 0 Å². The molecule has 0 spiro atoms. The van der Waals surface area contributed by atoms with Crippen LogP contribution in [0.2, 0.25) is 0 Å². The molecule has 0 aromatic heterocycles. The predicted octanol–water partition coefficient (Wildman–Crippen LogP) is 5.08. The highest BCUT2D eigenvalue weighted by Crippen LogP contribution is 2.43. The Bertz CT molecular complexity index is 1040. The maximum Gasteiger partial charge on any atom is 0.338 e. The molecule has 0 heterocycles. The number of carbonyl (C=O) groups excluding carboxylic acids is 2. The molecule has 0 aliphatic heterocycles. The summed E-state index contributed by atoms with van der Waals surface area (Å²) in [6.45, 7) is 0. The molecule has 1 aliphatic rings. The molecule has 0 fully saturated rings. The molecular formula is C24H18O4. The monoisotopic (exact) mass is 370 g/mol. The minimum absolute atomic E-state index is 0.405. The number of rotatable bonds is 2. The van der Waals surface area contributed by atoms with E-state index in [0.29, 0.717) is 22.3 Å². The molecule has 4 nitrogen and oxygen atoms in total. The van der Waals surface area contributed by atoms with E-state index in [1.54, 1.807) is 12.1 Å². The van der Waals surface area contributed by atoms with E-state index in [1.165, 1.54) is 14.2 Å². The fourth-order valence-electron chi connectivity index (χ4n) is 3.64. The first-order valence-electron chi connectivity index (χ1n) is 8.86. The molecule has 3 aromatic carbocycles. The van der Waals surface area contributed by atoms with Gasteiger partial charge >= 0.3 is 11.9 Å². The second-order valence-corrected chi connectivity index (χ2v) is 6.40. The van der Waals surface area contributed by atoms with Gasteiger partial charge in [-0.25, -0.2) is 9.59 Å². The lowest BCUT2D eigenvalue weighted by Crippen LogP contribution is -2.11. The van der Waals surface area contributed by atoms with E-state index in [-0.39, 0.29) is 0 Å². The first-order chi connectivity index (χ1) is 13.7. The Hall–Kier alpha value is -3.66. The highest BCUT2D eigenvalue weighted by molar-refractivity contribution is 6.11. The molecule has 3 aromatic rings. The fourth-order valence-corrected chi connectivity index (χ4v) is 3.64. The van der Waals surface area contributed by atoms with Crippen LogP contribution in [-0.4, -0.2) is 26.2 Å². The number of carbonyl (C=O) groups is 2. The van der Waals surface area contributed by atoms with E-state index in [9.17, 15) is 9.59 Å². The lowest BCUT2D eigenvalue weighted by Gasteiger charge is -2.22. The van der Waals surface area contributed by atoms with Crippen LogP contribution in [0.15, 0.2) is 60.7 Å². The topological polar surface area (TPSA) is 52.6 Å². The smallest absolute Gasteiger partial charge is 0.338 e. The normalized spacial score (nSPS) is 12.5. The fraction of sp³-hybridized carbons (Fsp3) is 0.0833. The van der Waals surface area contributed by atoms with Crippen molar-refractivity contribution < 1.29 is 19.1 Å². The SMILES string of the molecule is COC(=O)c1ccc(C(=O)OC)c2c1-c1ccccc1/C=C\c1ccccc1-2. The molecule has 28 heavy (non-hydrogen) atoms. The van der Waals surface area contributed by atoms with Gasteiger partial charge in [0.25, 0.3) is 0 Å². The van der Waals surface area contributed by atoms with Crippen LogP contribution in [0.25, 0.3) is 34.4 Å². The lowest BCUT2D eigenvalue weighted by atomic mass is 9.82. The van der Waals surface area contributed by atoms with Gasteiger partial charge in [0, 0.05) is 11.1 Å². The minimum Gasteiger partial charge on any atom is -0.465 e. The predicted molar refractivity (Wildman–Crippen MR) is 109 cm³/mol. The van der Waals surface area contributed by atoms with Crippen LogP contribution in [0.4, 0.5) is 0 Å². The molecule has 0 bridgehead atoms. The molecule has 0 saturated carbocycles. The van der Waals surface area contributed by atoms with Gasteiger partial charge in [-0.3, -0.25) is 0 Å². The standard InChI is InChI=1S/C24H18O4/c1-27-23(25)19-13-14-20(24(26)28-2)22-18-10-6-4-8-16(18)12-11-15-7-3-5-9-17(15)21(19)22/h3-14H,1-2H3/b12-11-,15-11?,16-12?,21-17?,22-18?. The van der Waals surface area contributed by atoms with Crippen LogP contribution in [0.5, 0.6) is 0 Å². The summed E-state index contributed by atoms with van der Waals surface area (Å²) in [5, 5.41) is 0. The van der Waals surface area contributed by atoms with Crippen molar-refractivity contribution in [2.75, 3.05) is 14.2 Å². The van der Waals surface area contributed by atoms with Gasteiger partial charge in [-0.2, -0.15) is 0 Å². The quantitative estimate of drug-likeness (QED) is 0.462. The van der Waals surface area contributed by atoms with Gasteiger partial charge in [0.15, 0.2) is 0 Å². The molecule has 0 amide bonds. The summed E-state index contributed by atoms with van der Waals surface area (Å²) >= 11 is 0. The number of fused-ring (bicyclic) bond motifs is 5. The third kappa shape index (κ3) is 2.79. The zero-order chi connectivity index (χ0) is 19.7. The maximum atomic E-state index is 12.6. The Kier molecular flexibility index (Phi) is 4.53. The Labute approximate surface area is 163 Å². The number of hydrogen-bond acceptors (Lipinski definition) is 4. The van der Waals surface area contributed by atoms with E-state index >= 15 is 0 Å². The summed E-state index contributed by atoms with van der Waals surface area (Å²) in [5.41, 5.74) is 5.76. The molecule has 0 atom stereocenters. The van der Waals surface area contributed by atoms with Gasteiger partial charge in [0.05, 0.1) is 25.3 Å². The van der Waals surface area contributed by atoms with Crippen LogP contribution < -0.4 is 0 Å². The van der Waals surface area contributed by atoms with E-state index in [4.69, 9.17) is 9.47 Å². The summed E-state index contributed by atoms with van der Waals surface area (Å²) in [4.78, 5) is 25.2. The summed E-state index contributed by atoms with van der Waals surface area (Å²) in [6, 6.07) is 18.8. The van der Waals surface area contributed by atoms with Crippen LogP contribution in [0, 0.1) is 0 Å². The van der Waals surface area contributed by atoms with Crippen LogP contribution in [0.3, 0.4) is 0 Å². The zero-order valence-corrected chi connectivity index (χ0v) is 15.6. The molecular weight excluding hydrogens is 352 g/mol. The highest BCUT2D eigenvalue weighted by atomic mass is 16.5. The second-order valence-electron chi connectivity index (χ2n) is 6.40. The molecule has 0 radical (unpaired) electrons. The van der Waals surface area contributed by atoms with Crippen molar-refractivity contribution in [2.24, 2.45) is 0 Å². The molecule has 4 rings (SSSR count). The van der Waals surface area contributed by atoms with Crippen molar-refractivity contribution in [3.05, 3.63) is 82.9 Å². The Morgan fingerprint density at radius 2 is 1.00 bits per heavy atom. The van der Waals surface area contributed by atoms with Crippen molar-refractivity contribution in [3.8, 4) is 22.3 Å². The summed E-state index contributed by atoms with van der Waals surface area (Å²) < 4.78 is 10.1. The Morgan fingerprint density at radius 3 is 1.39 bits per heavy atom. The third-order valence-electron chi connectivity index (χ3n) is 4.92. The lowest BCUT2D eigenvalue weighted by molar-refractivity contribution is 0.0588. The number of benzene rings is 3. The Balaban J connectivity index is 2.22. The largest absolute Gasteiger partial charge is 0.465 e. The van der Waals surface area contributed by atoms with Gasteiger partial charge < -0.3 is 9.47 Å². The van der Waals surface area contributed by atoms with Crippen LogP contribution in [0.1, 0.15) is 31.8 Å². The van der Waals surface area contributed by atoms with Crippen molar-refractivity contribution >= 4 is 24.1 Å². The highest BCUT2D eigenvalue weighted by Gasteiger charge is 2.27. The first kappa shape index (κ1) is 17.7. The van der Waals surface area contributed by atoms with Gasteiger partial charge in [0.1, 0.15) is 0 Å². The van der Waals surface area contributed by atoms with Crippen molar-refractivity contribution in [1.82, 2.24) is 0 Å². The van der Waals surface area contributed by atoms with Gasteiger partial charge in [-0.05, 0) is 34.4 Å². The summed E-state index contributed by atoms with van der Waals surface area (Å²) in [6.07, 6.45) is 4.03. The number of hydrogen-bond donors (Lipinski definition) is 0. The van der Waals surface area contributed by atoms with Crippen molar-refractivity contribution in [1.29, 1.82) is 0 Å². The van der Waals surface area contributed by atoms with E-state index in [2.05, 4.69) is 0 Å². The summed E-state index contributed by atoms with van der Waals surface area (Å²) in [7, 11) is 2.71. The van der Waals surface area contributed by atoms with Crippen molar-refractivity contribution in [2.45, 2.75) is 0 Å². The Morgan fingerprint density at radius 1 is 0.607 bits per heavy atom. The molecule has 1 aliphatic carbocycles. The van der Waals surface area contributed by atoms with E-state index in [0.717, 1.165) is 22.3 Å². The van der Waals surface area contributed by atoms with Gasteiger partial charge in [-0.1, -0.05) is 60.7 Å². The first-order valence-corrected chi connectivity index (χ1v) is 8.86.